The molecule has 0 spiro atoms. The van der Waals surface area contributed by atoms with Gasteiger partial charge >= 0.3 is 0 Å². The zero-order valence-corrected chi connectivity index (χ0v) is 14.3. The van der Waals surface area contributed by atoms with Gasteiger partial charge in [-0.15, -0.1) is 12.4 Å². The Labute approximate surface area is 143 Å². The van der Waals surface area contributed by atoms with Crippen molar-refractivity contribution in [2.24, 2.45) is 11.7 Å². The van der Waals surface area contributed by atoms with Crippen molar-refractivity contribution < 1.29 is 9.59 Å². The van der Waals surface area contributed by atoms with Crippen molar-refractivity contribution in [3.05, 3.63) is 29.8 Å². The highest BCUT2D eigenvalue weighted by Gasteiger charge is 2.17. The SMILES string of the molecule is CC(CN)C(=O)Nc1ccc(C(=O)NC2CCCCC2)cc1.Cl. The Kier molecular flexibility index (Phi) is 8.06. The topological polar surface area (TPSA) is 84.2 Å². The molecule has 128 valence electrons. The van der Waals surface area contributed by atoms with Crippen LogP contribution in [0.4, 0.5) is 5.69 Å². The van der Waals surface area contributed by atoms with Gasteiger partial charge in [-0.25, -0.2) is 0 Å². The van der Waals surface area contributed by atoms with Gasteiger partial charge in [0.1, 0.15) is 0 Å². The molecule has 6 heteroatoms. The van der Waals surface area contributed by atoms with Crippen molar-refractivity contribution in [1.82, 2.24) is 5.32 Å². The first-order valence-electron chi connectivity index (χ1n) is 8.02. The molecule has 1 aliphatic carbocycles. The molecule has 1 atom stereocenters. The van der Waals surface area contributed by atoms with Gasteiger partial charge in [0.15, 0.2) is 0 Å². The smallest absolute Gasteiger partial charge is 0.251 e. The summed E-state index contributed by atoms with van der Waals surface area (Å²) in [6.45, 7) is 2.09. The Morgan fingerprint density at radius 3 is 2.35 bits per heavy atom. The lowest BCUT2D eigenvalue weighted by molar-refractivity contribution is -0.119. The summed E-state index contributed by atoms with van der Waals surface area (Å²) in [6.07, 6.45) is 5.78. The van der Waals surface area contributed by atoms with Gasteiger partial charge in [-0.3, -0.25) is 9.59 Å². The Bertz CT molecular complexity index is 513. The third-order valence-electron chi connectivity index (χ3n) is 4.16. The largest absolute Gasteiger partial charge is 0.349 e. The van der Waals surface area contributed by atoms with E-state index in [1.165, 1.54) is 19.3 Å². The molecule has 0 aliphatic heterocycles. The van der Waals surface area contributed by atoms with E-state index >= 15 is 0 Å². The van der Waals surface area contributed by atoms with Crippen molar-refractivity contribution in [3.63, 3.8) is 0 Å². The summed E-state index contributed by atoms with van der Waals surface area (Å²) < 4.78 is 0. The number of carbonyl (C=O) groups excluding carboxylic acids is 2. The normalized spacial score (nSPS) is 16.1. The van der Waals surface area contributed by atoms with E-state index in [0.717, 1.165) is 12.8 Å². The molecule has 0 aromatic heterocycles. The second-order valence-corrected chi connectivity index (χ2v) is 6.01. The van der Waals surface area contributed by atoms with Crippen LogP contribution in [0.15, 0.2) is 24.3 Å². The molecular weight excluding hydrogens is 314 g/mol. The number of rotatable bonds is 5. The Morgan fingerprint density at radius 2 is 1.78 bits per heavy atom. The van der Waals surface area contributed by atoms with Crippen LogP contribution in [0.1, 0.15) is 49.4 Å². The predicted molar refractivity (Wildman–Crippen MR) is 94.9 cm³/mol. The van der Waals surface area contributed by atoms with Crippen LogP contribution >= 0.6 is 12.4 Å². The summed E-state index contributed by atoms with van der Waals surface area (Å²) in [4.78, 5) is 23.9. The van der Waals surface area contributed by atoms with Crippen molar-refractivity contribution in [1.29, 1.82) is 0 Å². The minimum absolute atomic E-state index is 0. The summed E-state index contributed by atoms with van der Waals surface area (Å²) in [5.74, 6) is -0.378. The third-order valence-corrected chi connectivity index (χ3v) is 4.16. The van der Waals surface area contributed by atoms with Crippen LogP contribution < -0.4 is 16.4 Å². The van der Waals surface area contributed by atoms with E-state index in [0.29, 0.717) is 23.8 Å². The van der Waals surface area contributed by atoms with E-state index in [1.807, 2.05) is 0 Å². The van der Waals surface area contributed by atoms with Crippen LogP contribution in [0.2, 0.25) is 0 Å². The van der Waals surface area contributed by atoms with Gasteiger partial charge in [0, 0.05) is 29.8 Å². The van der Waals surface area contributed by atoms with E-state index in [1.54, 1.807) is 31.2 Å². The summed E-state index contributed by atoms with van der Waals surface area (Å²) in [6, 6.07) is 7.27. The van der Waals surface area contributed by atoms with E-state index in [2.05, 4.69) is 10.6 Å². The monoisotopic (exact) mass is 339 g/mol. The first kappa shape index (κ1) is 19.5. The van der Waals surface area contributed by atoms with E-state index in [9.17, 15) is 9.59 Å². The summed E-state index contributed by atoms with van der Waals surface area (Å²) in [7, 11) is 0. The summed E-state index contributed by atoms with van der Waals surface area (Å²) in [5, 5.41) is 5.87. The Balaban J connectivity index is 0.00000264. The molecule has 1 saturated carbocycles. The van der Waals surface area contributed by atoms with Crippen molar-refractivity contribution in [3.8, 4) is 0 Å². The summed E-state index contributed by atoms with van der Waals surface area (Å²) >= 11 is 0. The Morgan fingerprint density at radius 1 is 1.17 bits per heavy atom. The van der Waals surface area contributed by atoms with Gasteiger partial charge in [0.2, 0.25) is 5.91 Å². The van der Waals surface area contributed by atoms with Crippen molar-refractivity contribution in [2.75, 3.05) is 11.9 Å². The highest BCUT2D eigenvalue weighted by Crippen LogP contribution is 2.18. The summed E-state index contributed by atoms with van der Waals surface area (Å²) in [5.41, 5.74) is 6.77. The zero-order chi connectivity index (χ0) is 15.9. The second kappa shape index (κ2) is 9.53. The zero-order valence-electron chi connectivity index (χ0n) is 13.5. The highest BCUT2D eigenvalue weighted by atomic mass is 35.5. The highest BCUT2D eigenvalue weighted by molar-refractivity contribution is 5.96. The predicted octanol–water partition coefficient (Wildman–Crippen LogP) is 2.70. The number of carbonyl (C=O) groups is 2. The standard InChI is InChI=1S/C17H25N3O2.ClH/c1-12(11-18)16(21)19-15-9-7-13(8-10-15)17(22)20-14-5-3-2-4-6-14;/h7-10,12,14H,2-6,11,18H2,1H3,(H,19,21)(H,20,22);1H. The van der Waals surface area contributed by atoms with E-state index < -0.39 is 0 Å². The van der Waals surface area contributed by atoms with Gasteiger partial charge in [-0.2, -0.15) is 0 Å². The van der Waals surface area contributed by atoms with Crippen LogP contribution in [-0.2, 0) is 4.79 Å². The molecular formula is C17H26ClN3O2. The average molecular weight is 340 g/mol. The van der Waals surface area contributed by atoms with Crippen LogP contribution in [0.3, 0.4) is 0 Å². The number of benzene rings is 1. The number of hydrogen-bond donors (Lipinski definition) is 3. The van der Waals surface area contributed by atoms with Crippen LogP contribution in [0, 0.1) is 5.92 Å². The number of nitrogens with two attached hydrogens (primary N) is 1. The Hall–Kier alpha value is -1.59. The maximum atomic E-state index is 12.2. The van der Waals surface area contributed by atoms with Crippen molar-refractivity contribution >= 4 is 29.9 Å². The molecule has 0 saturated heterocycles. The number of amides is 2. The molecule has 1 fully saturated rings. The van der Waals surface area contributed by atoms with Gasteiger partial charge in [0.25, 0.3) is 5.91 Å². The number of anilines is 1. The van der Waals surface area contributed by atoms with Crippen LogP contribution in [-0.4, -0.2) is 24.4 Å². The molecule has 1 aliphatic rings. The molecule has 0 radical (unpaired) electrons. The van der Waals surface area contributed by atoms with Crippen LogP contribution in [0.25, 0.3) is 0 Å². The molecule has 1 aromatic carbocycles. The molecule has 2 amide bonds. The molecule has 0 bridgehead atoms. The minimum atomic E-state index is -0.228. The number of hydrogen-bond acceptors (Lipinski definition) is 3. The fraction of sp³-hybridized carbons (Fsp3) is 0.529. The first-order chi connectivity index (χ1) is 10.6. The molecule has 1 aromatic rings. The third kappa shape index (κ3) is 5.84. The number of halogens is 1. The van der Waals surface area contributed by atoms with E-state index in [-0.39, 0.29) is 30.1 Å². The maximum absolute atomic E-state index is 12.2. The van der Waals surface area contributed by atoms with Crippen molar-refractivity contribution in [2.45, 2.75) is 45.1 Å². The van der Waals surface area contributed by atoms with Gasteiger partial charge in [0.05, 0.1) is 0 Å². The number of nitrogens with one attached hydrogen (secondary N) is 2. The van der Waals surface area contributed by atoms with E-state index in [4.69, 9.17) is 5.73 Å². The van der Waals surface area contributed by atoms with Crippen LogP contribution in [0.5, 0.6) is 0 Å². The average Bonchev–Trinajstić information content (AvgIpc) is 2.55. The minimum Gasteiger partial charge on any atom is -0.349 e. The quantitative estimate of drug-likeness (QED) is 0.771. The molecule has 5 nitrogen and oxygen atoms in total. The molecule has 4 N–H and O–H groups in total. The molecule has 1 unspecified atom stereocenters. The second-order valence-electron chi connectivity index (χ2n) is 6.01. The molecule has 23 heavy (non-hydrogen) atoms. The fourth-order valence-electron chi connectivity index (χ4n) is 2.59. The van der Waals surface area contributed by atoms with Gasteiger partial charge in [-0.1, -0.05) is 26.2 Å². The lowest BCUT2D eigenvalue weighted by Gasteiger charge is -2.22. The lowest BCUT2D eigenvalue weighted by Crippen LogP contribution is -2.36. The van der Waals surface area contributed by atoms with Gasteiger partial charge < -0.3 is 16.4 Å². The lowest BCUT2D eigenvalue weighted by atomic mass is 9.95. The molecule has 2 rings (SSSR count). The first-order valence-corrected chi connectivity index (χ1v) is 8.02. The maximum Gasteiger partial charge on any atom is 0.251 e. The fourth-order valence-corrected chi connectivity index (χ4v) is 2.59. The van der Waals surface area contributed by atoms with Gasteiger partial charge in [-0.05, 0) is 37.1 Å². The molecule has 0 heterocycles.